The van der Waals surface area contributed by atoms with E-state index in [0.717, 1.165) is 35.3 Å². The van der Waals surface area contributed by atoms with Crippen LogP contribution in [0, 0.1) is 0 Å². The number of ether oxygens (including phenoxy) is 1. The zero-order valence-electron chi connectivity index (χ0n) is 21.4. The first-order valence-corrected chi connectivity index (χ1v) is 14.6. The Bertz CT molecular complexity index is 1460. The number of amides is 3. The molecule has 3 aromatic rings. The maximum absolute atomic E-state index is 13.2. The Kier molecular flexibility index (Phi) is 8.44. The van der Waals surface area contributed by atoms with Gasteiger partial charge in [-0.05, 0) is 48.2 Å². The fourth-order valence-electron chi connectivity index (χ4n) is 3.84. The number of aromatic nitrogens is 1. The number of carbonyl (C=O) groups is 3. The molecule has 10 nitrogen and oxygen atoms in total. The molecule has 4 rings (SSSR count). The summed E-state index contributed by atoms with van der Waals surface area (Å²) in [4.78, 5) is 43.6. The topological polar surface area (TPSA) is 135 Å². The van der Waals surface area contributed by atoms with Gasteiger partial charge >= 0.3 is 0 Å². The minimum Gasteiger partial charge on any atom is -0.384 e. The SMILES string of the molecule is COCCS(=O)(=O)C(C(=O)NCC(=O)NC1CC1)c1nc2cc(-c3cccc(C(=O)N(C)C)c3)ccc2s1. The summed E-state index contributed by atoms with van der Waals surface area (Å²) in [7, 11) is 0.761. The van der Waals surface area contributed by atoms with E-state index in [2.05, 4.69) is 15.6 Å². The standard InChI is InChI=1S/C26H30N4O6S2/c1-30(2)26(33)18-6-4-5-16(13-18)17-7-10-21-20(14-17)29-25(37-21)23(38(34,35)12-11-36-3)24(32)27-15-22(31)28-19-8-9-19/h4-7,10,13-14,19,23H,8-9,11-12,15H2,1-3H3,(H,27,32)(H,28,31). The summed E-state index contributed by atoms with van der Waals surface area (Å²) in [5.41, 5.74) is 2.66. The van der Waals surface area contributed by atoms with Crippen molar-refractivity contribution in [3.05, 3.63) is 53.0 Å². The van der Waals surface area contributed by atoms with Crippen molar-refractivity contribution >= 4 is 49.1 Å². The Morgan fingerprint density at radius 3 is 2.55 bits per heavy atom. The molecule has 1 saturated carbocycles. The molecule has 1 aromatic heterocycles. The van der Waals surface area contributed by atoms with Gasteiger partial charge in [0.1, 0.15) is 5.01 Å². The summed E-state index contributed by atoms with van der Waals surface area (Å²) in [6.07, 6.45) is 1.80. The van der Waals surface area contributed by atoms with Gasteiger partial charge in [-0.3, -0.25) is 14.4 Å². The van der Waals surface area contributed by atoms with Crippen molar-refractivity contribution in [2.24, 2.45) is 0 Å². The molecule has 0 bridgehead atoms. The highest BCUT2D eigenvalue weighted by Crippen LogP contribution is 2.34. The van der Waals surface area contributed by atoms with Crippen LogP contribution in [0.25, 0.3) is 21.3 Å². The molecule has 1 heterocycles. The summed E-state index contributed by atoms with van der Waals surface area (Å²) >= 11 is 1.11. The Hall–Kier alpha value is -3.35. The van der Waals surface area contributed by atoms with Gasteiger partial charge in [-0.15, -0.1) is 11.3 Å². The molecule has 0 radical (unpaired) electrons. The van der Waals surface area contributed by atoms with Gasteiger partial charge in [-0.2, -0.15) is 0 Å². The third-order valence-corrected chi connectivity index (χ3v) is 9.15. The predicted octanol–water partition coefficient (Wildman–Crippen LogP) is 2.16. The van der Waals surface area contributed by atoms with Crippen LogP contribution < -0.4 is 10.6 Å². The lowest BCUT2D eigenvalue weighted by atomic mass is 10.0. The average molecular weight is 559 g/mol. The molecule has 2 N–H and O–H groups in total. The van der Waals surface area contributed by atoms with E-state index in [1.165, 1.54) is 12.0 Å². The highest BCUT2D eigenvalue weighted by molar-refractivity contribution is 7.92. The summed E-state index contributed by atoms with van der Waals surface area (Å²) in [5, 5.41) is 3.77. The van der Waals surface area contributed by atoms with Gasteiger partial charge in [0.2, 0.25) is 11.8 Å². The summed E-state index contributed by atoms with van der Waals surface area (Å²) < 4.78 is 32.0. The normalized spacial score (nSPS) is 14.2. The molecule has 1 aliphatic rings. The van der Waals surface area contributed by atoms with Crippen LogP contribution in [-0.2, 0) is 24.2 Å². The number of sulfone groups is 1. The van der Waals surface area contributed by atoms with E-state index < -0.39 is 21.0 Å². The number of nitrogens with one attached hydrogen (secondary N) is 2. The van der Waals surface area contributed by atoms with E-state index in [9.17, 15) is 22.8 Å². The quantitative estimate of drug-likeness (QED) is 0.368. The van der Waals surface area contributed by atoms with E-state index in [0.29, 0.717) is 15.8 Å². The Morgan fingerprint density at radius 1 is 1.13 bits per heavy atom. The second-order valence-corrected chi connectivity index (χ2v) is 12.6. The predicted molar refractivity (Wildman–Crippen MR) is 146 cm³/mol. The molecule has 12 heteroatoms. The number of nitrogens with zero attached hydrogens (tertiary/aromatic N) is 2. The monoisotopic (exact) mass is 558 g/mol. The number of hydrogen-bond acceptors (Lipinski definition) is 8. The van der Waals surface area contributed by atoms with E-state index in [-0.39, 0.29) is 41.8 Å². The summed E-state index contributed by atoms with van der Waals surface area (Å²) in [6.45, 7) is -0.395. The third-order valence-electron chi connectivity index (χ3n) is 6.01. The first-order chi connectivity index (χ1) is 18.1. The molecule has 3 amide bonds. The zero-order valence-corrected chi connectivity index (χ0v) is 23.0. The molecule has 2 aromatic carbocycles. The molecule has 1 aliphatic carbocycles. The van der Waals surface area contributed by atoms with Crippen LogP contribution in [0.5, 0.6) is 0 Å². The second-order valence-electron chi connectivity index (χ2n) is 9.31. The maximum atomic E-state index is 13.2. The van der Waals surface area contributed by atoms with Crippen LogP contribution in [0.3, 0.4) is 0 Å². The minimum absolute atomic E-state index is 0.0780. The molecule has 1 fully saturated rings. The second kappa shape index (κ2) is 11.6. The molecule has 0 saturated heterocycles. The van der Waals surface area contributed by atoms with E-state index in [4.69, 9.17) is 4.74 Å². The number of carbonyl (C=O) groups excluding carboxylic acids is 3. The van der Waals surface area contributed by atoms with Gasteiger partial charge < -0.3 is 20.3 Å². The summed E-state index contributed by atoms with van der Waals surface area (Å²) in [6, 6.07) is 12.8. The lowest BCUT2D eigenvalue weighted by Gasteiger charge is -2.15. The smallest absolute Gasteiger partial charge is 0.253 e. The van der Waals surface area contributed by atoms with Gasteiger partial charge in [-0.1, -0.05) is 18.2 Å². The maximum Gasteiger partial charge on any atom is 0.253 e. The van der Waals surface area contributed by atoms with Crippen LogP contribution >= 0.6 is 11.3 Å². The molecular weight excluding hydrogens is 528 g/mol. The largest absolute Gasteiger partial charge is 0.384 e. The number of benzene rings is 2. The molecule has 1 atom stereocenters. The zero-order chi connectivity index (χ0) is 27.4. The molecular formula is C26H30N4O6S2. The Labute approximate surface area is 225 Å². The van der Waals surface area contributed by atoms with Crippen molar-refractivity contribution in [3.8, 4) is 11.1 Å². The van der Waals surface area contributed by atoms with Gasteiger partial charge in [0.05, 0.1) is 29.1 Å². The number of fused-ring (bicyclic) bond motifs is 1. The molecule has 202 valence electrons. The van der Waals surface area contributed by atoms with Crippen molar-refractivity contribution < 1.29 is 27.5 Å². The van der Waals surface area contributed by atoms with Gasteiger partial charge in [0, 0.05) is 32.8 Å². The van der Waals surface area contributed by atoms with Crippen molar-refractivity contribution in [2.45, 2.75) is 24.1 Å². The number of methoxy groups -OCH3 is 1. The molecule has 0 spiro atoms. The van der Waals surface area contributed by atoms with Crippen molar-refractivity contribution in [2.75, 3.05) is 40.1 Å². The van der Waals surface area contributed by atoms with Gasteiger partial charge in [0.15, 0.2) is 15.1 Å². The van der Waals surface area contributed by atoms with Crippen LogP contribution in [0.2, 0.25) is 0 Å². The van der Waals surface area contributed by atoms with Crippen LogP contribution in [0.1, 0.15) is 33.5 Å². The fourth-order valence-corrected chi connectivity index (χ4v) is 6.76. The molecule has 38 heavy (non-hydrogen) atoms. The van der Waals surface area contributed by atoms with Gasteiger partial charge in [0.25, 0.3) is 5.91 Å². The molecule has 0 aliphatic heterocycles. The highest BCUT2D eigenvalue weighted by atomic mass is 32.2. The summed E-state index contributed by atoms with van der Waals surface area (Å²) in [5.74, 6) is -1.66. The Balaban J connectivity index is 1.63. The lowest BCUT2D eigenvalue weighted by Crippen LogP contribution is -2.41. The fraction of sp³-hybridized carbons (Fsp3) is 0.385. The van der Waals surface area contributed by atoms with Gasteiger partial charge in [-0.25, -0.2) is 13.4 Å². The highest BCUT2D eigenvalue weighted by Gasteiger charge is 2.37. The first-order valence-electron chi connectivity index (χ1n) is 12.1. The average Bonchev–Trinajstić information content (AvgIpc) is 3.61. The van der Waals surface area contributed by atoms with Crippen molar-refractivity contribution in [3.63, 3.8) is 0 Å². The van der Waals surface area contributed by atoms with E-state index >= 15 is 0 Å². The first kappa shape index (κ1) is 27.7. The van der Waals surface area contributed by atoms with Crippen molar-refractivity contribution in [1.82, 2.24) is 20.5 Å². The van der Waals surface area contributed by atoms with E-state index in [1.54, 1.807) is 38.4 Å². The number of rotatable bonds is 11. The number of hydrogen-bond donors (Lipinski definition) is 2. The van der Waals surface area contributed by atoms with Crippen LogP contribution in [0.15, 0.2) is 42.5 Å². The third kappa shape index (κ3) is 6.55. The van der Waals surface area contributed by atoms with E-state index in [1.807, 2.05) is 18.2 Å². The number of thiazole rings is 1. The lowest BCUT2D eigenvalue weighted by molar-refractivity contribution is -0.126. The van der Waals surface area contributed by atoms with Crippen LogP contribution in [-0.4, -0.2) is 82.2 Å². The minimum atomic E-state index is -3.99. The Morgan fingerprint density at radius 2 is 1.87 bits per heavy atom. The molecule has 1 unspecified atom stereocenters. The van der Waals surface area contributed by atoms with Crippen molar-refractivity contribution in [1.29, 1.82) is 0 Å². The van der Waals surface area contributed by atoms with Crippen LogP contribution in [0.4, 0.5) is 0 Å².